The average molecular weight is 381 g/mol. The highest BCUT2D eigenvalue weighted by Crippen LogP contribution is 2.13. The summed E-state index contributed by atoms with van der Waals surface area (Å²) in [4.78, 5) is 25.0. The van der Waals surface area contributed by atoms with Crippen LogP contribution in [0.1, 0.15) is 79.6 Å². The molecule has 0 rings (SSSR count). The minimum absolute atomic E-state index is 0.0903. The molecule has 0 heterocycles. The van der Waals surface area contributed by atoms with Crippen LogP contribution < -0.4 is 10.6 Å². The van der Waals surface area contributed by atoms with Gasteiger partial charge in [-0.05, 0) is 71.6 Å². The van der Waals surface area contributed by atoms with Gasteiger partial charge >= 0.3 is 6.09 Å². The van der Waals surface area contributed by atoms with Crippen LogP contribution >= 0.6 is 0 Å². The van der Waals surface area contributed by atoms with Crippen molar-refractivity contribution in [2.24, 2.45) is 5.92 Å². The first-order valence-corrected chi connectivity index (χ1v) is 10.1. The monoisotopic (exact) mass is 380 g/mol. The summed E-state index contributed by atoms with van der Waals surface area (Å²) < 4.78 is 5.31. The summed E-state index contributed by atoms with van der Waals surface area (Å²) in [6, 6.07) is -0.506. The van der Waals surface area contributed by atoms with Crippen molar-refractivity contribution in [2.75, 3.05) is 0 Å². The highest BCUT2D eigenvalue weighted by Gasteiger charge is 2.26. The maximum atomic E-state index is 12.8. The van der Waals surface area contributed by atoms with Crippen LogP contribution in [-0.4, -0.2) is 29.7 Å². The molecule has 0 aromatic carbocycles. The summed E-state index contributed by atoms with van der Waals surface area (Å²) >= 11 is 0. The fourth-order valence-corrected chi connectivity index (χ4v) is 2.76. The van der Waals surface area contributed by atoms with Crippen molar-refractivity contribution in [1.29, 1.82) is 0 Å². The summed E-state index contributed by atoms with van der Waals surface area (Å²) in [6.07, 6.45) is 9.43. The lowest BCUT2D eigenvalue weighted by molar-refractivity contribution is -0.124. The van der Waals surface area contributed by atoms with Gasteiger partial charge in [-0.15, -0.1) is 13.2 Å². The van der Waals surface area contributed by atoms with Crippen LogP contribution in [0.25, 0.3) is 0 Å². The van der Waals surface area contributed by atoms with Gasteiger partial charge in [0.2, 0.25) is 5.91 Å². The van der Waals surface area contributed by atoms with E-state index in [9.17, 15) is 9.59 Å². The van der Waals surface area contributed by atoms with Crippen molar-refractivity contribution in [3.8, 4) is 0 Å². The quantitative estimate of drug-likeness (QED) is 0.344. The number of nitrogens with one attached hydrogen (secondary N) is 2. The second-order valence-corrected chi connectivity index (χ2v) is 8.47. The Balaban J connectivity index is 4.92. The topological polar surface area (TPSA) is 67.4 Å². The van der Waals surface area contributed by atoms with E-state index in [0.717, 1.165) is 38.5 Å². The molecule has 0 spiro atoms. The van der Waals surface area contributed by atoms with Gasteiger partial charge < -0.3 is 15.4 Å². The molecule has 0 saturated heterocycles. The Labute approximate surface area is 166 Å². The largest absolute Gasteiger partial charge is 0.444 e. The van der Waals surface area contributed by atoms with E-state index >= 15 is 0 Å². The molecule has 0 aromatic heterocycles. The molecule has 2 N–H and O–H groups in total. The summed E-state index contributed by atoms with van der Waals surface area (Å²) in [5, 5.41) is 5.87. The van der Waals surface area contributed by atoms with Gasteiger partial charge in [-0.2, -0.15) is 0 Å². The van der Waals surface area contributed by atoms with Crippen molar-refractivity contribution >= 4 is 12.0 Å². The Kier molecular flexibility index (Phi) is 12.5. The smallest absolute Gasteiger partial charge is 0.408 e. The van der Waals surface area contributed by atoms with Crippen molar-refractivity contribution in [2.45, 2.75) is 97.2 Å². The van der Waals surface area contributed by atoms with E-state index in [0.29, 0.717) is 6.42 Å². The number of alkyl carbamates (subject to hydrolysis) is 1. The second kappa shape index (κ2) is 13.4. The Morgan fingerprint density at radius 2 is 1.52 bits per heavy atom. The number of carbonyl (C=O) groups excluding carboxylic acids is 2. The fraction of sp³-hybridized carbons (Fsp3) is 0.727. The number of ether oxygens (including phenoxy) is 1. The van der Waals surface area contributed by atoms with Gasteiger partial charge in [0.1, 0.15) is 11.6 Å². The van der Waals surface area contributed by atoms with E-state index in [-0.39, 0.29) is 17.9 Å². The van der Waals surface area contributed by atoms with Crippen LogP contribution in [0.15, 0.2) is 25.3 Å². The summed E-state index contributed by atoms with van der Waals surface area (Å²) in [6.45, 7) is 17.0. The minimum atomic E-state index is -0.596. The van der Waals surface area contributed by atoms with Gasteiger partial charge in [-0.1, -0.05) is 26.0 Å². The van der Waals surface area contributed by atoms with E-state index in [2.05, 4.69) is 23.8 Å². The van der Waals surface area contributed by atoms with Gasteiger partial charge in [-0.25, -0.2) is 4.79 Å². The maximum Gasteiger partial charge on any atom is 0.408 e. The molecular weight excluding hydrogens is 340 g/mol. The van der Waals surface area contributed by atoms with Crippen LogP contribution in [-0.2, 0) is 9.53 Å². The lowest BCUT2D eigenvalue weighted by Crippen LogP contribution is -2.51. The Bertz CT molecular complexity index is 453. The van der Waals surface area contributed by atoms with E-state index in [1.165, 1.54) is 0 Å². The molecule has 0 aliphatic heterocycles. The number of hydrogen-bond donors (Lipinski definition) is 2. The van der Waals surface area contributed by atoms with Gasteiger partial charge in [0, 0.05) is 6.04 Å². The zero-order chi connectivity index (χ0) is 20.9. The first kappa shape index (κ1) is 25.2. The predicted molar refractivity (Wildman–Crippen MR) is 113 cm³/mol. The van der Waals surface area contributed by atoms with E-state index in [1.807, 2.05) is 26.0 Å². The van der Waals surface area contributed by atoms with E-state index in [4.69, 9.17) is 4.74 Å². The molecule has 5 nitrogen and oxygen atoms in total. The first-order chi connectivity index (χ1) is 12.6. The Hall–Kier alpha value is -1.78. The lowest BCUT2D eigenvalue weighted by Gasteiger charge is -2.26. The Morgan fingerprint density at radius 3 is 1.93 bits per heavy atom. The SMILES string of the molecule is C=CCCCC(CCCC=C)NC(=O)[C@H](CC(C)C)NC(=O)OC(C)(C)C. The van der Waals surface area contributed by atoms with Crippen molar-refractivity contribution in [3.05, 3.63) is 25.3 Å². The summed E-state index contributed by atoms with van der Waals surface area (Å²) in [5.41, 5.74) is -0.596. The van der Waals surface area contributed by atoms with E-state index < -0.39 is 17.7 Å². The van der Waals surface area contributed by atoms with Gasteiger partial charge in [0.25, 0.3) is 0 Å². The minimum Gasteiger partial charge on any atom is -0.444 e. The predicted octanol–water partition coefficient (Wildman–Crippen LogP) is 5.12. The van der Waals surface area contributed by atoms with Crippen LogP contribution in [0, 0.1) is 5.92 Å². The number of hydrogen-bond acceptors (Lipinski definition) is 3. The zero-order valence-corrected chi connectivity index (χ0v) is 18.0. The number of rotatable bonds is 13. The molecule has 0 aliphatic rings. The molecule has 0 fully saturated rings. The third kappa shape index (κ3) is 14.0. The number of unbranched alkanes of at least 4 members (excludes halogenated alkanes) is 2. The van der Waals surface area contributed by atoms with Crippen LogP contribution in [0.2, 0.25) is 0 Å². The molecule has 1 atom stereocenters. The summed E-state index contributed by atoms with van der Waals surface area (Å²) in [7, 11) is 0. The molecule has 0 unspecified atom stereocenters. The normalized spacial score (nSPS) is 12.6. The highest BCUT2D eigenvalue weighted by molar-refractivity contribution is 5.85. The van der Waals surface area contributed by atoms with Crippen molar-refractivity contribution < 1.29 is 14.3 Å². The standard InChI is InChI=1S/C22H40N2O3/c1-8-10-12-14-18(15-13-11-9-2)23-20(25)19(16-17(3)4)24-21(26)27-22(5,6)7/h8-9,17-19H,1-2,10-16H2,3-7H3,(H,23,25)(H,24,26)/t19-/m0/s1. The lowest BCUT2D eigenvalue weighted by atomic mass is 10.00. The maximum absolute atomic E-state index is 12.8. The summed E-state index contributed by atoms with van der Waals surface area (Å²) in [5.74, 6) is 0.132. The molecule has 156 valence electrons. The number of amides is 2. The average Bonchev–Trinajstić information content (AvgIpc) is 2.52. The van der Waals surface area contributed by atoms with E-state index in [1.54, 1.807) is 20.8 Å². The van der Waals surface area contributed by atoms with Crippen molar-refractivity contribution in [1.82, 2.24) is 10.6 Å². The molecule has 27 heavy (non-hydrogen) atoms. The van der Waals surface area contributed by atoms with Gasteiger partial charge in [-0.3, -0.25) is 4.79 Å². The zero-order valence-electron chi connectivity index (χ0n) is 18.0. The molecule has 0 saturated carbocycles. The highest BCUT2D eigenvalue weighted by atomic mass is 16.6. The van der Waals surface area contributed by atoms with Crippen LogP contribution in [0.4, 0.5) is 4.79 Å². The fourth-order valence-electron chi connectivity index (χ4n) is 2.76. The molecule has 0 bridgehead atoms. The third-order valence-electron chi connectivity index (χ3n) is 3.98. The molecule has 0 radical (unpaired) electrons. The number of allylic oxidation sites excluding steroid dienone is 2. The molecule has 5 heteroatoms. The van der Waals surface area contributed by atoms with Crippen LogP contribution in [0.5, 0.6) is 0 Å². The second-order valence-electron chi connectivity index (χ2n) is 8.47. The van der Waals surface area contributed by atoms with Gasteiger partial charge in [0.15, 0.2) is 0 Å². The molecule has 0 aliphatic carbocycles. The molecule has 0 aromatic rings. The Morgan fingerprint density at radius 1 is 1.00 bits per heavy atom. The first-order valence-electron chi connectivity index (χ1n) is 10.1. The molecular formula is C22H40N2O3. The van der Waals surface area contributed by atoms with Crippen molar-refractivity contribution in [3.63, 3.8) is 0 Å². The van der Waals surface area contributed by atoms with Crippen LogP contribution in [0.3, 0.4) is 0 Å². The van der Waals surface area contributed by atoms with Gasteiger partial charge in [0.05, 0.1) is 0 Å². The number of carbonyl (C=O) groups is 2. The third-order valence-corrected chi connectivity index (χ3v) is 3.98. The molecule has 2 amide bonds.